The van der Waals surface area contributed by atoms with Crippen LogP contribution in [-0.4, -0.2) is 12.7 Å². The van der Waals surface area contributed by atoms with Crippen LogP contribution < -0.4 is 9.47 Å². The lowest BCUT2D eigenvalue weighted by molar-refractivity contribution is 0.0226. The molecule has 2 rings (SSSR count). The van der Waals surface area contributed by atoms with Crippen molar-refractivity contribution in [2.75, 3.05) is 6.79 Å². The molecule has 0 saturated carbocycles. The van der Waals surface area contributed by atoms with Crippen LogP contribution in [0.4, 0.5) is 8.78 Å². The number of hydrogen-bond donors (Lipinski definition) is 0. The first-order chi connectivity index (χ1) is 6.54. The summed E-state index contributed by atoms with van der Waals surface area (Å²) < 4.78 is 35.5. The Kier molecular flexibility index (Phi) is 2.06. The lowest BCUT2D eigenvalue weighted by atomic mass is 10.1. The van der Waals surface area contributed by atoms with Gasteiger partial charge in [-0.2, -0.15) is 0 Å². The first kappa shape index (κ1) is 9.24. The Morgan fingerprint density at radius 2 is 2.00 bits per heavy atom. The molecule has 1 aromatic carbocycles. The summed E-state index contributed by atoms with van der Waals surface area (Å²) in [5, 5.41) is 0. The van der Waals surface area contributed by atoms with Gasteiger partial charge in [-0.1, -0.05) is 6.07 Å². The number of fused-ring (bicyclic) bond motifs is 1. The fraction of sp³-hybridized carbons (Fsp3) is 0.400. The molecule has 0 spiro atoms. The van der Waals surface area contributed by atoms with Gasteiger partial charge in [-0.05, 0) is 24.6 Å². The zero-order chi connectivity index (χ0) is 10.2. The second-order valence-electron chi connectivity index (χ2n) is 3.43. The van der Waals surface area contributed by atoms with Gasteiger partial charge in [0, 0.05) is 6.42 Å². The van der Waals surface area contributed by atoms with E-state index in [1.54, 1.807) is 18.2 Å². The number of halogens is 2. The van der Waals surface area contributed by atoms with Gasteiger partial charge in [0.05, 0.1) is 0 Å². The zero-order valence-electron chi connectivity index (χ0n) is 7.72. The highest BCUT2D eigenvalue weighted by Gasteiger charge is 2.23. The van der Waals surface area contributed by atoms with Gasteiger partial charge in [0.25, 0.3) is 0 Å². The van der Waals surface area contributed by atoms with Crippen LogP contribution in [0.1, 0.15) is 12.5 Å². The molecule has 1 aromatic rings. The van der Waals surface area contributed by atoms with Crippen LogP contribution in [0, 0.1) is 0 Å². The molecule has 1 aliphatic heterocycles. The molecule has 76 valence electrons. The fourth-order valence-corrected chi connectivity index (χ4v) is 1.41. The van der Waals surface area contributed by atoms with Crippen molar-refractivity contribution >= 4 is 0 Å². The number of alkyl halides is 2. The van der Waals surface area contributed by atoms with Gasteiger partial charge in [0.2, 0.25) is 12.7 Å². The monoisotopic (exact) mass is 200 g/mol. The highest BCUT2D eigenvalue weighted by atomic mass is 19.3. The van der Waals surface area contributed by atoms with Crippen LogP contribution in [0.25, 0.3) is 0 Å². The third-order valence-corrected chi connectivity index (χ3v) is 1.95. The first-order valence-corrected chi connectivity index (χ1v) is 4.31. The van der Waals surface area contributed by atoms with Crippen molar-refractivity contribution in [2.45, 2.75) is 19.3 Å². The van der Waals surface area contributed by atoms with E-state index in [4.69, 9.17) is 9.47 Å². The van der Waals surface area contributed by atoms with Crippen LogP contribution in [-0.2, 0) is 6.42 Å². The lowest BCUT2D eigenvalue weighted by Crippen LogP contribution is -2.13. The van der Waals surface area contributed by atoms with E-state index in [0.717, 1.165) is 6.92 Å². The highest BCUT2D eigenvalue weighted by Crippen LogP contribution is 2.33. The summed E-state index contributed by atoms with van der Waals surface area (Å²) in [6.07, 6.45) is -0.274. The summed E-state index contributed by atoms with van der Waals surface area (Å²) in [7, 11) is 0. The Balaban J connectivity index is 2.21. The molecule has 0 N–H and O–H groups in total. The second-order valence-corrected chi connectivity index (χ2v) is 3.43. The van der Waals surface area contributed by atoms with E-state index in [-0.39, 0.29) is 13.2 Å². The summed E-state index contributed by atoms with van der Waals surface area (Å²) >= 11 is 0. The van der Waals surface area contributed by atoms with Gasteiger partial charge in [-0.3, -0.25) is 0 Å². The molecule has 0 aliphatic carbocycles. The number of benzene rings is 1. The molecule has 2 nitrogen and oxygen atoms in total. The summed E-state index contributed by atoms with van der Waals surface area (Å²) in [6.45, 7) is 1.07. The molecule has 1 aliphatic rings. The Bertz CT molecular complexity index is 344. The second kappa shape index (κ2) is 3.12. The molecule has 0 unspecified atom stereocenters. The van der Waals surface area contributed by atoms with E-state index in [1.165, 1.54) is 0 Å². The van der Waals surface area contributed by atoms with Crippen molar-refractivity contribution in [3.05, 3.63) is 23.8 Å². The largest absolute Gasteiger partial charge is 0.454 e. The van der Waals surface area contributed by atoms with E-state index in [1.807, 2.05) is 0 Å². The molecule has 1 heterocycles. The van der Waals surface area contributed by atoms with Crippen molar-refractivity contribution in [1.29, 1.82) is 0 Å². The van der Waals surface area contributed by atoms with E-state index in [2.05, 4.69) is 0 Å². The standard InChI is InChI=1S/C10H10F2O2/c1-10(11,12)5-7-2-3-8-9(4-7)14-6-13-8/h2-4H,5-6H2,1H3. The molecule has 14 heavy (non-hydrogen) atoms. The zero-order valence-corrected chi connectivity index (χ0v) is 7.72. The average molecular weight is 200 g/mol. The summed E-state index contributed by atoms with van der Waals surface area (Å²) in [5.74, 6) is -1.52. The van der Waals surface area contributed by atoms with Crippen LogP contribution in [0.3, 0.4) is 0 Å². The van der Waals surface area contributed by atoms with Crippen molar-refractivity contribution in [3.8, 4) is 11.5 Å². The molecular formula is C10H10F2O2. The van der Waals surface area contributed by atoms with Gasteiger partial charge < -0.3 is 9.47 Å². The Morgan fingerprint density at radius 1 is 1.29 bits per heavy atom. The SMILES string of the molecule is CC(F)(F)Cc1ccc2c(c1)OCO2. The minimum Gasteiger partial charge on any atom is -0.454 e. The third kappa shape index (κ3) is 1.95. The molecule has 0 amide bonds. The lowest BCUT2D eigenvalue weighted by Gasteiger charge is -2.09. The van der Waals surface area contributed by atoms with E-state index < -0.39 is 5.92 Å². The van der Waals surface area contributed by atoms with E-state index in [0.29, 0.717) is 17.1 Å². The molecule has 0 atom stereocenters. The summed E-state index contributed by atoms with van der Waals surface area (Å²) in [6, 6.07) is 4.88. The van der Waals surface area contributed by atoms with Gasteiger partial charge in [0.15, 0.2) is 11.5 Å². The van der Waals surface area contributed by atoms with Crippen molar-refractivity contribution in [2.24, 2.45) is 0 Å². The van der Waals surface area contributed by atoms with Crippen molar-refractivity contribution in [1.82, 2.24) is 0 Å². The molecule has 0 fully saturated rings. The Hall–Kier alpha value is -1.32. The minimum absolute atomic E-state index is 0.168. The smallest absolute Gasteiger partial charge is 0.249 e. The minimum atomic E-state index is -2.69. The van der Waals surface area contributed by atoms with Gasteiger partial charge in [0.1, 0.15) is 0 Å². The maximum Gasteiger partial charge on any atom is 0.249 e. The van der Waals surface area contributed by atoms with Crippen molar-refractivity contribution < 1.29 is 18.3 Å². The number of hydrogen-bond acceptors (Lipinski definition) is 2. The Labute approximate surface area is 80.4 Å². The summed E-state index contributed by atoms with van der Waals surface area (Å²) in [4.78, 5) is 0. The maximum absolute atomic E-state index is 12.7. The topological polar surface area (TPSA) is 18.5 Å². The van der Waals surface area contributed by atoms with Crippen LogP contribution in [0.15, 0.2) is 18.2 Å². The quantitative estimate of drug-likeness (QED) is 0.730. The molecule has 0 radical (unpaired) electrons. The van der Waals surface area contributed by atoms with Crippen molar-refractivity contribution in [3.63, 3.8) is 0 Å². The number of ether oxygens (including phenoxy) is 2. The fourth-order valence-electron chi connectivity index (χ4n) is 1.41. The molecule has 4 heteroatoms. The first-order valence-electron chi connectivity index (χ1n) is 4.31. The normalized spacial score (nSPS) is 14.5. The Morgan fingerprint density at radius 3 is 2.71 bits per heavy atom. The third-order valence-electron chi connectivity index (χ3n) is 1.95. The van der Waals surface area contributed by atoms with Crippen LogP contribution >= 0.6 is 0 Å². The molecular weight excluding hydrogens is 190 g/mol. The molecule has 0 saturated heterocycles. The van der Waals surface area contributed by atoms with Crippen LogP contribution in [0.5, 0.6) is 11.5 Å². The maximum atomic E-state index is 12.7. The van der Waals surface area contributed by atoms with E-state index in [9.17, 15) is 8.78 Å². The highest BCUT2D eigenvalue weighted by molar-refractivity contribution is 5.44. The van der Waals surface area contributed by atoms with Gasteiger partial charge >= 0.3 is 0 Å². The molecule has 0 bridgehead atoms. The number of rotatable bonds is 2. The summed E-state index contributed by atoms with van der Waals surface area (Å²) in [5.41, 5.74) is 0.557. The predicted octanol–water partition coefficient (Wildman–Crippen LogP) is 2.61. The predicted molar refractivity (Wildman–Crippen MR) is 46.9 cm³/mol. The van der Waals surface area contributed by atoms with E-state index >= 15 is 0 Å². The average Bonchev–Trinajstić information content (AvgIpc) is 2.47. The van der Waals surface area contributed by atoms with Gasteiger partial charge in [-0.25, -0.2) is 8.78 Å². The molecule has 0 aromatic heterocycles. The van der Waals surface area contributed by atoms with Gasteiger partial charge in [-0.15, -0.1) is 0 Å². The van der Waals surface area contributed by atoms with Crippen LogP contribution in [0.2, 0.25) is 0 Å².